The summed E-state index contributed by atoms with van der Waals surface area (Å²) in [7, 11) is 0. The fourth-order valence-electron chi connectivity index (χ4n) is 0.983. The molecule has 1 aromatic heterocycles. The van der Waals surface area contributed by atoms with Gasteiger partial charge < -0.3 is 5.73 Å². The zero-order valence-corrected chi connectivity index (χ0v) is 9.53. The highest BCUT2D eigenvalue weighted by Gasteiger charge is 2.33. The summed E-state index contributed by atoms with van der Waals surface area (Å²) in [6.45, 7) is 2.01. The van der Waals surface area contributed by atoms with Crippen molar-refractivity contribution in [1.29, 1.82) is 0 Å². The van der Waals surface area contributed by atoms with Crippen LogP contribution in [0.3, 0.4) is 0 Å². The molecule has 1 heterocycles. The van der Waals surface area contributed by atoms with E-state index in [-0.39, 0.29) is 11.0 Å². The van der Waals surface area contributed by atoms with Gasteiger partial charge in [-0.2, -0.15) is 13.2 Å². The first-order valence-electron chi connectivity index (χ1n) is 4.78. The highest BCUT2D eigenvalue weighted by atomic mass is 32.2. The number of hydrogen-bond donors (Lipinski definition) is 1. The molecule has 0 bridgehead atoms. The molecule has 0 aliphatic heterocycles. The molecule has 7 heteroatoms. The molecule has 0 aliphatic carbocycles. The molecule has 90 valence electrons. The molecule has 0 aliphatic rings. The topological polar surface area (TPSA) is 51.8 Å². The highest BCUT2D eigenvalue weighted by Crippen LogP contribution is 2.30. The molecule has 0 amide bonds. The Morgan fingerprint density at radius 1 is 1.38 bits per heavy atom. The van der Waals surface area contributed by atoms with Crippen molar-refractivity contribution in [3.8, 4) is 0 Å². The van der Waals surface area contributed by atoms with Crippen LogP contribution in [0.4, 0.5) is 19.1 Å². The standard InChI is InChI=1S/C9H12F3N3S/c1-2-3-4-16-7-5-6(9(10,11)12)14-8(13)15-7/h5H,2-4H2,1H3,(H2,13,14,15). The molecular weight excluding hydrogens is 239 g/mol. The Morgan fingerprint density at radius 2 is 2.06 bits per heavy atom. The fraction of sp³-hybridized carbons (Fsp3) is 0.556. The molecule has 0 fully saturated rings. The minimum atomic E-state index is -4.48. The van der Waals surface area contributed by atoms with Crippen molar-refractivity contribution in [2.75, 3.05) is 11.5 Å². The smallest absolute Gasteiger partial charge is 0.368 e. The maximum atomic E-state index is 12.4. The predicted octanol–water partition coefficient (Wildman–Crippen LogP) is 2.97. The molecule has 0 saturated carbocycles. The molecule has 1 rings (SSSR count). The van der Waals surface area contributed by atoms with Crippen molar-refractivity contribution >= 4 is 17.7 Å². The van der Waals surface area contributed by atoms with Gasteiger partial charge >= 0.3 is 6.18 Å². The number of alkyl halides is 3. The number of unbranched alkanes of at least 4 members (excludes halogenated alkanes) is 1. The average Bonchev–Trinajstić information content (AvgIpc) is 2.16. The first-order valence-corrected chi connectivity index (χ1v) is 5.76. The number of rotatable bonds is 4. The number of nitrogens with two attached hydrogens (primary N) is 1. The highest BCUT2D eigenvalue weighted by molar-refractivity contribution is 7.99. The quantitative estimate of drug-likeness (QED) is 0.508. The zero-order chi connectivity index (χ0) is 12.2. The summed E-state index contributed by atoms with van der Waals surface area (Å²) >= 11 is 1.26. The van der Waals surface area contributed by atoms with Gasteiger partial charge in [-0.3, -0.25) is 0 Å². The van der Waals surface area contributed by atoms with Crippen molar-refractivity contribution < 1.29 is 13.2 Å². The monoisotopic (exact) mass is 251 g/mol. The molecule has 0 aromatic carbocycles. The van der Waals surface area contributed by atoms with E-state index in [0.717, 1.165) is 24.7 Å². The lowest BCUT2D eigenvalue weighted by Crippen LogP contribution is -2.11. The van der Waals surface area contributed by atoms with Gasteiger partial charge in [-0.15, -0.1) is 11.8 Å². The normalized spacial score (nSPS) is 11.8. The van der Waals surface area contributed by atoms with Gasteiger partial charge in [-0.05, 0) is 12.2 Å². The maximum absolute atomic E-state index is 12.4. The summed E-state index contributed by atoms with van der Waals surface area (Å²) in [5.41, 5.74) is 4.24. The van der Waals surface area contributed by atoms with Crippen LogP contribution in [0.2, 0.25) is 0 Å². The number of thioether (sulfide) groups is 1. The Kier molecular flexibility index (Phi) is 4.40. The van der Waals surface area contributed by atoms with Crippen molar-refractivity contribution in [2.45, 2.75) is 31.0 Å². The Balaban J connectivity index is 2.82. The third-order valence-electron chi connectivity index (χ3n) is 1.76. The van der Waals surface area contributed by atoms with Crippen LogP contribution >= 0.6 is 11.8 Å². The van der Waals surface area contributed by atoms with E-state index in [9.17, 15) is 13.2 Å². The third-order valence-corrected chi connectivity index (χ3v) is 2.76. The minimum Gasteiger partial charge on any atom is -0.368 e. The number of halogens is 3. The van der Waals surface area contributed by atoms with Gasteiger partial charge in [0.05, 0.1) is 0 Å². The lowest BCUT2D eigenvalue weighted by Gasteiger charge is -2.08. The number of anilines is 1. The third kappa shape index (κ3) is 3.88. The molecule has 0 atom stereocenters. The molecule has 16 heavy (non-hydrogen) atoms. The number of hydrogen-bond acceptors (Lipinski definition) is 4. The Morgan fingerprint density at radius 3 is 2.62 bits per heavy atom. The van der Waals surface area contributed by atoms with E-state index in [4.69, 9.17) is 5.73 Å². The molecule has 1 aromatic rings. The van der Waals surface area contributed by atoms with Crippen LogP contribution in [-0.2, 0) is 6.18 Å². The van der Waals surface area contributed by atoms with Crippen molar-refractivity contribution in [1.82, 2.24) is 9.97 Å². The second kappa shape index (κ2) is 5.38. The van der Waals surface area contributed by atoms with Crippen LogP contribution in [0.15, 0.2) is 11.1 Å². The number of nitrogen functional groups attached to an aromatic ring is 1. The lowest BCUT2D eigenvalue weighted by molar-refractivity contribution is -0.141. The first-order chi connectivity index (χ1) is 7.43. The van der Waals surface area contributed by atoms with Gasteiger partial charge in [-0.25, -0.2) is 9.97 Å². The van der Waals surface area contributed by atoms with Crippen molar-refractivity contribution in [2.24, 2.45) is 0 Å². The van der Waals surface area contributed by atoms with Gasteiger partial charge in [0.15, 0.2) is 5.69 Å². The van der Waals surface area contributed by atoms with Gasteiger partial charge in [0, 0.05) is 6.07 Å². The number of nitrogens with zero attached hydrogens (tertiary/aromatic N) is 2. The molecule has 0 unspecified atom stereocenters. The van der Waals surface area contributed by atoms with Crippen LogP contribution in [0, 0.1) is 0 Å². The lowest BCUT2D eigenvalue weighted by atomic mass is 10.4. The minimum absolute atomic E-state index is 0.272. The molecule has 3 nitrogen and oxygen atoms in total. The van der Waals surface area contributed by atoms with Crippen LogP contribution in [-0.4, -0.2) is 15.7 Å². The van der Waals surface area contributed by atoms with Crippen LogP contribution in [0.25, 0.3) is 0 Å². The molecule has 0 spiro atoms. The SMILES string of the molecule is CCCCSc1cc(C(F)(F)F)nc(N)n1. The van der Waals surface area contributed by atoms with Crippen LogP contribution in [0.5, 0.6) is 0 Å². The van der Waals surface area contributed by atoms with E-state index in [2.05, 4.69) is 9.97 Å². The summed E-state index contributed by atoms with van der Waals surface area (Å²) < 4.78 is 37.1. The molecular formula is C9H12F3N3S. The Hall–Kier alpha value is -0.980. The van der Waals surface area contributed by atoms with E-state index in [1.165, 1.54) is 11.8 Å². The van der Waals surface area contributed by atoms with Gasteiger partial charge in [0.1, 0.15) is 5.03 Å². The average molecular weight is 251 g/mol. The zero-order valence-electron chi connectivity index (χ0n) is 8.71. The summed E-state index contributed by atoms with van der Waals surface area (Å²) in [5, 5.41) is 0.272. The van der Waals surface area contributed by atoms with Gasteiger partial charge in [0.2, 0.25) is 5.95 Å². The van der Waals surface area contributed by atoms with E-state index >= 15 is 0 Å². The largest absolute Gasteiger partial charge is 0.433 e. The van der Waals surface area contributed by atoms with E-state index in [0.29, 0.717) is 0 Å². The predicted molar refractivity (Wildman–Crippen MR) is 57.1 cm³/mol. The second-order valence-electron chi connectivity index (χ2n) is 3.15. The molecule has 2 N–H and O–H groups in total. The van der Waals surface area contributed by atoms with Crippen molar-refractivity contribution in [3.05, 3.63) is 11.8 Å². The van der Waals surface area contributed by atoms with Crippen LogP contribution in [0.1, 0.15) is 25.5 Å². The van der Waals surface area contributed by atoms with Gasteiger partial charge in [0.25, 0.3) is 0 Å². The Bertz CT molecular complexity index is 354. The van der Waals surface area contributed by atoms with E-state index in [1.807, 2.05) is 6.92 Å². The summed E-state index contributed by atoms with van der Waals surface area (Å²) in [6, 6.07) is 0.927. The number of aromatic nitrogens is 2. The summed E-state index contributed by atoms with van der Waals surface area (Å²) in [4.78, 5) is 6.91. The maximum Gasteiger partial charge on any atom is 0.433 e. The van der Waals surface area contributed by atoms with E-state index < -0.39 is 11.9 Å². The summed E-state index contributed by atoms with van der Waals surface area (Å²) in [6.07, 6.45) is -2.56. The first kappa shape index (κ1) is 13.1. The molecule has 0 radical (unpaired) electrons. The Labute approximate surface area is 95.7 Å². The van der Waals surface area contributed by atoms with E-state index in [1.54, 1.807) is 0 Å². The van der Waals surface area contributed by atoms with Crippen molar-refractivity contribution in [3.63, 3.8) is 0 Å². The van der Waals surface area contributed by atoms with Gasteiger partial charge in [-0.1, -0.05) is 13.3 Å². The second-order valence-corrected chi connectivity index (χ2v) is 4.26. The molecule has 0 saturated heterocycles. The van der Waals surface area contributed by atoms with Crippen LogP contribution < -0.4 is 5.73 Å². The fourth-order valence-corrected chi connectivity index (χ4v) is 1.98. The summed E-state index contributed by atoms with van der Waals surface area (Å²) in [5.74, 6) is 0.387.